The van der Waals surface area contributed by atoms with Crippen LogP contribution in [0.3, 0.4) is 0 Å². The molecular formula is C22H24FN3O3. The topological polar surface area (TPSA) is 66.7 Å². The second-order valence-corrected chi connectivity index (χ2v) is 7.82. The zero-order chi connectivity index (χ0) is 20.4. The number of anilines is 1. The molecule has 6 nitrogen and oxygen atoms in total. The third-order valence-corrected chi connectivity index (χ3v) is 6.23. The van der Waals surface area contributed by atoms with E-state index in [2.05, 4.69) is 0 Å². The van der Waals surface area contributed by atoms with Gasteiger partial charge in [0, 0.05) is 32.2 Å². The van der Waals surface area contributed by atoms with Gasteiger partial charge in [-0.1, -0.05) is 37.1 Å². The van der Waals surface area contributed by atoms with Gasteiger partial charge in [-0.05, 0) is 36.6 Å². The number of nitro benzene ring substituents is 1. The van der Waals surface area contributed by atoms with Crippen molar-refractivity contribution in [2.24, 2.45) is 0 Å². The van der Waals surface area contributed by atoms with Crippen LogP contribution in [-0.4, -0.2) is 41.9 Å². The van der Waals surface area contributed by atoms with Gasteiger partial charge in [0.1, 0.15) is 11.5 Å². The van der Waals surface area contributed by atoms with Gasteiger partial charge in [-0.3, -0.25) is 14.9 Å². The van der Waals surface area contributed by atoms with Gasteiger partial charge in [0.15, 0.2) is 0 Å². The zero-order valence-electron chi connectivity index (χ0n) is 16.2. The van der Waals surface area contributed by atoms with E-state index in [4.69, 9.17) is 0 Å². The van der Waals surface area contributed by atoms with E-state index in [9.17, 15) is 19.3 Å². The summed E-state index contributed by atoms with van der Waals surface area (Å²) in [6.07, 6.45) is 3.39. The molecule has 4 rings (SSSR count). The third kappa shape index (κ3) is 3.57. The fourth-order valence-electron chi connectivity index (χ4n) is 4.73. The molecule has 0 spiro atoms. The Bertz CT molecular complexity index is 919. The highest BCUT2D eigenvalue weighted by molar-refractivity contribution is 5.89. The molecule has 1 heterocycles. The minimum Gasteiger partial charge on any atom is -0.362 e. The zero-order valence-corrected chi connectivity index (χ0v) is 16.2. The molecule has 1 saturated carbocycles. The van der Waals surface area contributed by atoms with E-state index < -0.39 is 5.41 Å². The molecule has 7 heteroatoms. The molecule has 0 N–H and O–H groups in total. The normalized spacial score (nSPS) is 18.7. The first-order valence-corrected chi connectivity index (χ1v) is 10.0. The predicted molar refractivity (Wildman–Crippen MR) is 108 cm³/mol. The van der Waals surface area contributed by atoms with Crippen LogP contribution in [-0.2, 0) is 10.2 Å². The van der Waals surface area contributed by atoms with Crippen molar-refractivity contribution in [3.05, 3.63) is 70.0 Å². The molecule has 2 aliphatic rings. The maximum absolute atomic E-state index is 13.9. The lowest BCUT2D eigenvalue weighted by molar-refractivity contribution is -0.384. The minimum atomic E-state index is -0.650. The highest BCUT2D eigenvalue weighted by atomic mass is 19.1. The summed E-state index contributed by atoms with van der Waals surface area (Å²) in [6, 6.07) is 13.1. The van der Waals surface area contributed by atoms with Crippen LogP contribution >= 0.6 is 0 Å². The summed E-state index contributed by atoms with van der Waals surface area (Å²) in [6.45, 7) is 2.08. The standard InChI is InChI=1S/C22H24FN3O3/c23-18-7-5-6-17(16-18)22(10-3-4-11-22)21(27)25-14-12-24(13-15-25)19-8-1-2-9-20(19)26(28)29/h1-2,5-9,16H,3-4,10-15H2. The number of amides is 1. The van der Waals surface area contributed by atoms with Crippen molar-refractivity contribution in [1.29, 1.82) is 0 Å². The van der Waals surface area contributed by atoms with E-state index >= 15 is 0 Å². The summed E-state index contributed by atoms with van der Waals surface area (Å²) in [5.41, 5.74) is 0.786. The van der Waals surface area contributed by atoms with Crippen molar-refractivity contribution in [2.45, 2.75) is 31.1 Å². The Kier molecular flexibility index (Phi) is 5.22. The molecule has 152 valence electrons. The van der Waals surface area contributed by atoms with Gasteiger partial charge in [0.05, 0.1) is 10.3 Å². The number of nitrogens with zero attached hydrogens (tertiary/aromatic N) is 3. The van der Waals surface area contributed by atoms with Crippen LogP contribution in [0.2, 0.25) is 0 Å². The fourth-order valence-corrected chi connectivity index (χ4v) is 4.73. The number of carbonyl (C=O) groups excluding carboxylic acids is 1. The maximum Gasteiger partial charge on any atom is 0.292 e. The van der Waals surface area contributed by atoms with E-state index in [0.29, 0.717) is 31.9 Å². The number of hydrogen-bond acceptors (Lipinski definition) is 4. The molecule has 0 radical (unpaired) electrons. The lowest BCUT2D eigenvalue weighted by Crippen LogP contribution is -2.54. The predicted octanol–water partition coefficient (Wildman–Crippen LogP) is 3.89. The summed E-state index contributed by atoms with van der Waals surface area (Å²) in [5.74, 6) is -0.259. The van der Waals surface area contributed by atoms with Gasteiger partial charge in [-0.2, -0.15) is 0 Å². The number of rotatable bonds is 4. The number of para-hydroxylation sites is 2. The summed E-state index contributed by atoms with van der Waals surface area (Å²) in [5, 5.41) is 11.3. The van der Waals surface area contributed by atoms with Crippen LogP contribution in [0.4, 0.5) is 15.8 Å². The quantitative estimate of drug-likeness (QED) is 0.580. The monoisotopic (exact) mass is 397 g/mol. The molecule has 1 saturated heterocycles. The van der Waals surface area contributed by atoms with Crippen molar-refractivity contribution in [3.8, 4) is 0 Å². The Hall–Kier alpha value is -2.96. The third-order valence-electron chi connectivity index (χ3n) is 6.23. The summed E-state index contributed by atoms with van der Waals surface area (Å²) >= 11 is 0. The Balaban J connectivity index is 1.52. The SMILES string of the molecule is O=C(N1CCN(c2ccccc2[N+](=O)[O-])CC1)C1(c2cccc(F)c2)CCCC1. The van der Waals surface area contributed by atoms with Gasteiger partial charge >= 0.3 is 0 Å². The van der Waals surface area contributed by atoms with Crippen LogP contribution < -0.4 is 4.90 Å². The Labute approximate surface area is 169 Å². The van der Waals surface area contributed by atoms with Gasteiger partial charge in [0.25, 0.3) is 5.69 Å². The smallest absolute Gasteiger partial charge is 0.292 e. The van der Waals surface area contributed by atoms with E-state index in [1.54, 1.807) is 24.3 Å². The van der Waals surface area contributed by atoms with Crippen molar-refractivity contribution in [2.75, 3.05) is 31.1 Å². The Morgan fingerprint density at radius 1 is 1.00 bits per heavy atom. The number of nitro groups is 1. The van der Waals surface area contributed by atoms with Crippen LogP contribution in [0.1, 0.15) is 31.2 Å². The van der Waals surface area contributed by atoms with Crippen LogP contribution in [0, 0.1) is 15.9 Å². The van der Waals surface area contributed by atoms with Gasteiger partial charge in [0.2, 0.25) is 5.91 Å². The molecular weight excluding hydrogens is 373 g/mol. The van der Waals surface area contributed by atoms with E-state index in [0.717, 1.165) is 31.2 Å². The molecule has 0 unspecified atom stereocenters. The number of piperazine rings is 1. The van der Waals surface area contributed by atoms with Crippen molar-refractivity contribution in [3.63, 3.8) is 0 Å². The molecule has 2 aromatic rings. The number of hydrogen-bond donors (Lipinski definition) is 0. The lowest BCUT2D eigenvalue weighted by Gasteiger charge is -2.40. The Morgan fingerprint density at radius 2 is 1.69 bits per heavy atom. The van der Waals surface area contributed by atoms with Crippen LogP contribution in [0.5, 0.6) is 0 Å². The van der Waals surface area contributed by atoms with E-state index in [1.165, 1.54) is 18.2 Å². The first-order chi connectivity index (χ1) is 14.0. The molecule has 0 atom stereocenters. The van der Waals surface area contributed by atoms with E-state index in [1.807, 2.05) is 15.9 Å². The van der Waals surface area contributed by atoms with Crippen molar-refractivity contribution >= 4 is 17.3 Å². The first-order valence-electron chi connectivity index (χ1n) is 10.0. The Morgan fingerprint density at radius 3 is 2.34 bits per heavy atom. The minimum absolute atomic E-state index is 0.0582. The maximum atomic E-state index is 13.9. The molecule has 29 heavy (non-hydrogen) atoms. The largest absolute Gasteiger partial charge is 0.362 e. The highest BCUT2D eigenvalue weighted by Gasteiger charge is 2.45. The van der Waals surface area contributed by atoms with Gasteiger partial charge in [-0.15, -0.1) is 0 Å². The summed E-state index contributed by atoms with van der Waals surface area (Å²) in [4.78, 5) is 28.3. The van der Waals surface area contributed by atoms with E-state index in [-0.39, 0.29) is 22.3 Å². The molecule has 2 fully saturated rings. The number of halogens is 1. The second kappa shape index (κ2) is 7.81. The molecule has 1 amide bonds. The molecule has 2 aromatic carbocycles. The van der Waals surface area contributed by atoms with Crippen molar-refractivity contribution < 1.29 is 14.1 Å². The fraction of sp³-hybridized carbons (Fsp3) is 0.409. The molecule has 1 aliphatic carbocycles. The first kappa shape index (κ1) is 19.4. The second-order valence-electron chi connectivity index (χ2n) is 7.82. The average molecular weight is 397 g/mol. The summed E-state index contributed by atoms with van der Waals surface area (Å²) < 4.78 is 13.9. The molecule has 1 aliphatic heterocycles. The van der Waals surface area contributed by atoms with Crippen molar-refractivity contribution in [1.82, 2.24) is 4.90 Å². The highest BCUT2D eigenvalue weighted by Crippen LogP contribution is 2.43. The molecule has 0 aromatic heterocycles. The lowest BCUT2D eigenvalue weighted by atomic mass is 9.77. The van der Waals surface area contributed by atoms with Crippen LogP contribution in [0.15, 0.2) is 48.5 Å². The molecule has 0 bridgehead atoms. The average Bonchev–Trinajstić information content (AvgIpc) is 3.24. The van der Waals surface area contributed by atoms with Crippen LogP contribution in [0.25, 0.3) is 0 Å². The number of carbonyl (C=O) groups is 1. The summed E-state index contributed by atoms with van der Waals surface area (Å²) in [7, 11) is 0. The van der Waals surface area contributed by atoms with Gasteiger partial charge < -0.3 is 9.80 Å². The van der Waals surface area contributed by atoms with Gasteiger partial charge in [-0.25, -0.2) is 4.39 Å². The number of benzene rings is 2.